The van der Waals surface area contributed by atoms with Gasteiger partial charge in [-0.05, 0) is 53.6 Å². The van der Waals surface area contributed by atoms with Crippen molar-refractivity contribution in [2.45, 2.75) is 20.8 Å². The Morgan fingerprint density at radius 2 is 1.94 bits per heavy atom. The van der Waals surface area contributed by atoms with Crippen molar-refractivity contribution in [3.05, 3.63) is 28.0 Å². The molecule has 0 atom stereocenters. The Morgan fingerprint density at radius 3 is 2.53 bits per heavy atom. The zero-order valence-electron chi connectivity index (χ0n) is 10.7. The van der Waals surface area contributed by atoms with E-state index in [0.717, 1.165) is 37.4 Å². The van der Waals surface area contributed by atoms with Gasteiger partial charge >= 0.3 is 0 Å². The van der Waals surface area contributed by atoms with Crippen molar-refractivity contribution in [1.29, 1.82) is 0 Å². The maximum atomic E-state index is 13.4. The Kier molecular flexibility index (Phi) is 5.92. The van der Waals surface area contributed by atoms with Crippen molar-refractivity contribution in [3.8, 4) is 0 Å². The molecule has 1 rings (SSSR count). The van der Waals surface area contributed by atoms with Gasteiger partial charge in [-0.25, -0.2) is 4.39 Å². The summed E-state index contributed by atoms with van der Waals surface area (Å²) in [6.07, 6.45) is 0. The molecule has 0 saturated carbocycles. The van der Waals surface area contributed by atoms with Gasteiger partial charge in [0.25, 0.3) is 0 Å². The summed E-state index contributed by atoms with van der Waals surface area (Å²) in [5.41, 5.74) is 1.93. The van der Waals surface area contributed by atoms with Gasteiger partial charge in [-0.3, -0.25) is 0 Å². The highest BCUT2D eigenvalue weighted by molar-refractivity contribution is 9.10. The molecule has 0 amide bonds. The lowest BCUT2D eigenvalue weighted by Crippen LogP contribution is -2.28. The van der Waals surface area contributed by atoms with E-state index in [1.807, 2.05) is 6.92 Å². The SMILES string of the molecule is CCN(CC)CCNc1cc(F)c(Br)cc1C. The number of nitrogens with one attached hydrogen (secondary N) is 1. The van der Waals surface area contributed by atoms with Gasteiger partial charge in [-0.1, -0.05) is 13.8 Å². The molecule has 4 heteroatoms. The van der Waals surface area contributed by atoms with Crippen LogP contribution < -0.4 is 5.32 Å². The second kappa shape index (κ2) is 6.97. The summed E-state index contributed by atoms with van der Waals surface area (Å²) in [6, 6.07) is 3.34. The minimum absolute atomic E-state index is 0.221. The number of halogens is 2. The number of anilines is 1. The second-order valence-electron chi connectivity index (χ2n) is 4.03. The fourth-order valence-electron chi connectivity index (χ4n) is 1.73. The van der Waals surface area contributed by atoms with Gasteiger partial charge in [0, 0.05) is 18.8 Å². The lowest BCUT2D eigenvalue weighted by molar-refractivity contribution is 0.316. The highest BCUT2D eigenvalue weighted by Crippen LogP contribution is 2.23. The molecule has 0 heterocycles. The number of hydrogen-bond acceptors (Lipinski definition) is 2. The molecule has 0 spiro atoms. The maximum absolute atomic E-state index is 13.4. The first kappa shape index (κ1) is 14.5. The Hall–Kier alpha value is -0.610. The standard InChI is InChI=1S/C13H20BrFN2/c1-4-17(5-2)7-6-16-13-9-12(15)11(14)8-10(13)3/h8-9,16H,4-7H2,1-3H3. The quantitative estimate of drug-likeness (QED) is 0.863. The molecule has 1 aromatic rings. The summed E-state index contributed by atoms with van der Waals surface area (Å²) < 4.78 is 13.9. The maximum Gasteiger partial charge on any atom is 0.139 e. The van der Waals surface area contributed by atoms with Gasteiger partial charge in [0.05, 0.1) is 4.47 Å². The fourth-order valence-corrected chi connectivity index (χ4v) is 2.18. The number of benzene rings is 1. The lowest BCUT2D eigenvalue weighted by Gasteiger charge is -2.19. The van der Waals surface area contributed by atoms with Crippen molar-refractivity contribution in [3.63, 3.8) is 0 Å². The van der Waals surface area contributed by atoms with Gasteiger partial charge in [0.15, 0.2) is 0 Å². The van der Waals surface area contributed by atoms with Gasteiger partial charge in [-0.15, -0.1) is 0 Å². The Balaban J connectivity index is 2.55. The molecule has 0 radical (unpaired) electrons. The third-order valence-electron chi connectivity index (χ3n) is 2.91. The fraction of sp³-hybridized carbons (Fsp3) is 0.538. The monoisotopic (exact) mass is 302 g/mol. The van der Waals surface area contributed by atoms with Crippen LogP contribution in [0.4, 0.5) is 10.1 Å². The highest BCUT2D eigenvalue weighted by Gasteiger charge is 2.05. The smallest absolute Gasteiger partial charge is 0.139 e. The van der Waals surface area contributed by atoms with E-state index < -0.39 is 0 Å². The normalized spacial score (nSPS) is 10.9. The molecular formula is C13H20BrFN2. The van der Waals surface area contributed by atoms with E-state index in [0.29, 0.717) is 4.47 Å². The van der Waals surface area contributed by atoms with Crippen LogP contribution in [0.25, 0.3) is 0 Å². The van der Waals surface area contributed by atoms with Crippen LogP contribution >= 0.6 is 15.9 Å². The van der Waals surface area contributed by atoms with E-state index in [-0.39, 0.29) is 5.82 Å². The molecule has 17 heavy (non-hydrogen) atoms. The Morgan fingerprint density at radius 1 is 1.29 bits per heavy atom. The van der Waals surface area contributed by atoms with E-state index in [4.69, 9.17) is 0 Å². The lowest BCUT2D eigenvalue weighted by atomic mass is 10.2. The van der Waals surface area contributed by atoms with Gasteiger partial charge in [-0.2, -0.15) is 0 Å². The number of rotatable bonds is 6. The number of aryl methyl sites for hydroxylation is 1. The predicted octanol–water partition coefficient (Wildman–Crippen LogP) is 3.65. The first-order chi connectivity index (χ1) is 8.08. The first-order valence-corrected chi connectivity index (χ1v) is 6.79. The summed E-state index contributed by atoms with van der Waals surface area (Å²) in [7, 11) is 0. The molecule has 2 nitrogen and oxygen atoms in total. The molecule has 1 aromatic carbocycles. The van der Waals surface area contributed by atoms with Crippen LogP contribution in [0, 0.1) is 12.7 Å². The average molecular weight is 303 g/mol. The second-order valence-corrected chi connectivity index (χ2v) is 4.89. The van der Waals surface area contributed by atoms with Crippen LogP contribution in [0.2, 0.25) is 0 Å². The molecule has 0 aliphatic carbocycles. The molecule has 0 fully saturated rings. The van der Waals surface area contributed by atoms with E-state index in [1.165, 1.54) is 0 Å². The number of likely N-dealkylation sites (N-methyl/N-ethyl adjacent to an activating group) is 1. The van der Waals surface area contributed by atoms with Crippen LogP contribution in [-0.4, -0.2) is 31.1 Å². The highest BCUT2D eigenvalue weighted by atomic mass is 79.9. The predicted molar refractivity (Wildman–Crippen MR) is 75.1 cm³/mol. The van der Waals surface area contributed by atoms with E-state index in [2.05, 4.69) is 40.0 Å². The third-order valence-corrected chi connectivity index (χ3v) is 3.51. The molecule has 0 aromatic heterocycles. The van der Waals surface area contributed by atoms with Crippen LogP contribution in [0.5, 0.6) is 0 Å². The van der Waals surface area contributed by atoms with Gasteiger partial charge in [0.1, 0.15) is 5.82 Å². The van der Waals surface area contributed by atoms with E-state index >= 15 is 0 Å². The van der Waals surface area contributed by atoms with Crippen LogP contribution in [0.15, 0.2) is 16.6 Å². The Labute approximate surface area is 111 Å². The van der Waals surface area contributed by atoms with Crippen LogP contribution in [-0.2, 0) is 0 Å². The van der Waals surface area contributed by atoms with Crippen LogP contribution in [0.1, 0.15) is 19.4 Å². The summed E-state index contributed by atoms with van der Waals surface area (Å²) in [6.45, 7) is 10.2. The summed E-state index contributed by atoms with van der Waals surface area (Å²) >= 11 is 3.18. The molecule has 0 saturated heterocycles. The minimum atomic E-state index is -0.221. The van der Waals surface area contributed by atoms with Crippen molar-refractivity contribution in [1.82, 2.24) is 4.90 Å². The summed E-state index contributed by atoms with van der Waals surface area (Å²) in [5, 5.41) is 3.28. The minimum Gasteiger partial charge on any atom is -0.383 e. The zero-order chi connectivity index (χ0) is 12.8. The molecular weight excluding hydrogens is 283 g/mol. The zero-order valence-corrected chi connectivity index (χ0v) is 12.3. The van der Waals surface area contributed by atoms with Gasteiger partial charge < -0.3 is 10.2 Å². The van der Waals surface area contributed by atoms with E-state index in [1.54, 1.807) is 12.1 Å². The Bertz CT molecular complexity index is 365. The van der Waals surface area contributed by atoms with Crippen molar-refractivity contribution in [2.24, 2.45) is 0 Å². The summed E-state index contributed by atoms with van der Waals surface area (Å²) in [5.74, 6) is -0.221. The number of nitrogens with zero attached hydrogens (tertiary/aromatic N) is 1. The number of hydrogen-bond donors (Lipinski definition) is 1. The largest absolute Gasteiger partial charge is 0.383 e. The molecule has 0 aliphatic heterocycles. The molecule has 0 unspecified atom stereocenters. The van der Waals surface area contributed by atoms with E-state index in [9.17, 15) is 4.39 Å². The van der Waals surface area contributed by atoms with Gasteiger partial charge in [0.2, 0.25) is 0 Å². The van der Waals surface area contributed by atoms with Crippen molar-refractivity contribution in [2.75, 3.05) is 31.5 Å². The van der Waals surface area contributed by atoms with Crippen molar-refractivity contribution >= 4 is 21.6 Å². The van der Waals surface area contributed by atoms with Crippen molar-refractivity contribution < 1.29 is 4.39 Å². The summed E-state index contributed by atoms with van der Waals surface area (Å²) in [4.78, 5) is 2.33. The van der Waals surface area contributed by atoms with Crippen LogP contribution in [0.3, 0.4) is 0 Å². The average Bonchev–Trinajstić information content (AvgIpc) is 2.31. The first-order valence-electron chi connectivity index (χ1n) is 6.00. The molecule has 0 bridgehead atoms. The molecule has 1 N–H and O–H groups in total. The molecule has 96 valence electrons. The molecule has 0 aliphatic rings. The topological polar surface area (TPSA) is 15.3 Å². The third kappa shape index (κ3) is 4.28.